The van der Waals surface area contributed by atoms with Crippen molar-refractivity contribution in [3.63, 3.8) is 0 Å². The molecule has 0 aromatic carbocycles. The maximum absolute atomic E-state index is 12.5. The van der Waals surface area contributed by atoms with Gasteiger partial charge in [-0.15, -0.1) is 0 Å². The van der Waals surface area contributed by atoms with Crippen LogP contribution in [0.15, 0.2) is 24.3 Å². The molecule has 0 saturated heterocycles. The zero-order valence-electron chi connectivity index (χ0n) is 48.0. The fourth-order valence-electron chi connectivity index (χ4n) is 10.1. The van der Waals surface area contributed by atoms with E-state index in [-0.39, 0.29) is 18.5 Å². The minimum atomic E-state index is -0.671. The van der Waals surface area contributed by atoms with Crippen LogP contribution in [-0.2, 0) is 14.3 Å². The van der Waals surface area contributed by atoms with Crippen molar-refractivity contribution in [2.24, 2.45) is 0 Å². The van der Waals surface area contributed by atoms with Gasteiger partial charge in [-0.05, 0) is 57.8 Å². The average Bonchev–Trinajstić information content (AvgIpc) is 3.37. The van der Waals surface area contributed by atoms with Crippen molar-refractivity contribution >= 4 is 11.9 Å². The van der Waals surface area contributed by atoms with Crippen LogP contribution in [0.1, 0.15) is 354 Å². The molecule has 1 amide bonds. The molecule has 0 aliphatic rings. The van der Waals surface area contributed by atoms with Crippen LogP contribution >= 0.6 is 0 Å². The highest BCUT2D eigenvalue weighted by Gasteiger charge is 2.20. The number of aliphatic hydroxyl groups excluding tert-OH is 2. The molecule has 0 bridgehead atoms. The Balaban J connectivity index is 3.42. The van der Waals surface area contributed by atoms with Gasteiger partial charge in [0.1, 0.15) is 0 Å². The van der Waals surface area contributed by atoms with E-state index in [1.807, 2.05) is 0 Å². The maximum atomic E-state index is 12.5. The first-order chi connectivity index (χ1) is 35.0. The van der Waals surface area contributed by atoms with Gasteiger partial charge in [0, 0.05) is 12.8 Å². The van der Waals surface area contributed by atoms with Crippen molar-refractivity contribution in [1.82, 2.24) is 5.32 Å². The van der Waals surface area contributed by atoms with E-state index in [1.165, 1.54) is 263 Å². The standard InChI is InChI=1S/C65H125NO5/c1-3-5-7-9-11-13-15-17-19-21-23-25-26-29-33-37-41-45-49-53-57-63(68)62(61-67)66-64(69)58-54-50-46-42-38-34-30-28-32-36-40-44-48-52-56-60-71-65(70)59-55-51-47-43-39-35-31-27-24-22-20-18-16-14-12-10-8-6-4-2/h12,14,18,20,62-63,67-68H,3-11,13,15-17,19,21-61H2,1-2H3,(H,66,69)/b14-12-,20-18-. The molecule has 6 heteroatoms. The number of hydrogen-bond donors (Lipinski definition) is 3. The molecule has 2 atom stereocenters. The van der Waals surface area contributed by atoms with Crippen molar-refractivity contribution < 1.29 is 24.5 Å². The molecular weight excluding hydrogens is 875 g/mol. The Morgan fingerprint density at radius 1 is 0.394 bits per heavy atom. The van der Waals surface area contributed by atoms with Crippen molar-refractivity contribution in [1.29, 1.82) is 0 Å². The van der Waals surface area contributed by atoms with Gasteiger partial charge in [0.15, 0.2) is 0 Å². The van der Waals surface area contributed by atoms with Crippen LogP contribution in [0.3, 0.4) is 0 Å². The Morgan fingerprint density at radius 2 is 0.704 bits per heavy atom. The maximum Gasteiger partial charge on any atom is 0.305 e. The first kappa shape index (κ1) is 69.3. The number of rotatable bonds is 60. The van der Waals surface area contributed by atoms with Gasteiger partial charge in [-0.3, -0.25) is 9.59 Å². The summed E-state index contributed by atoms with van der Waals surface area (Å²) in [5.74, 6) is -0.0422. The number of hydrogen-bond acceptors (Lipinski definition) is 5. The van der Waals surface area contributed by atoms with Crippen LogP contribution in [0.25, 0.3) is 0 Å². The van der Waals surface area contributed by atoms with Gasteiger partial charge < -0.3 is 20.3 Å². The normalized spacial score (nSPS) is 12.7. The summed E-state index contributed by atoms with van der Waals surface area (Å²) < 4.78 is 5.49. The largest absolute Gasteiger partial charge is 0.466 e. The Kier molecular flexibility index (Phi) is 59.5. The molecule has 2 unspecified atom stereocenters. The predicted molar refractivity (Wildman–Crippen MR) is 310 cm³/mol. The Morgan fingerprint density at radius 3 is 1.10 bits per heavy atom. The number of carbonyl (C=O) groups excluding carboxylic acids is 2. The van der Waals surface area contributed by atoms with Gasteiger partial charge >= 0.3 is 5.97 Å². The average molecular weight is 1000 g/mol. The second-order valence-corrected chi connectivity index (χ2v) is 22.1. The number of nitrogens with one attached hydrogen (secondary N) is 1. The fraction of sp³-hybridized carbons (Fsp3) is 0.908. The summed E-state index contributed by atoms with van der Waals surface area (Å²) in [5, 5.41) is 23.4. The Hall–Kier alpha value is -1.66. The quantitative estimate of drug-likeness (QED) is 0.0320. The number of esters is 1. The minimum absolute atomic E-state index is 0.00208. The molecule has 0 aromatic rings. The van der Waals surface area contributed by atoms with Gasteiger partial charge in [-0.1, -0.05) is 308 Å². The van der Waals surface area contributed by atoms with Gasteiger partial charge in [-0.2, -0.15) is 0 Å². The molecule has 420 valence electrons. The first-order valence-electron chi connectivity index (χ1n) is 32.1. The van der Waals surface area contributed by atoms with E-state index in [0.717, 1.165) is 57.8 Å². The first-order valence-corrected chi connectivity index (χ1v) is 32.1. The van der Waals surface area contributed by atoms with E-state index >= 15 is 0 Å². The van der Waals surface area contributed by atoms with Crippen molar-refractivity contribution in [3.8, 4) is 0 Å². The third kappa shape index (κ3) is 57.5. The second kappa shape index (κ2) is 60.9. The summed E-state index contributed by atoms with van der Waals surface area (Å²) in [6.07, 6.45) is 74.7. The third-order valence-corrected chi connectivity index (χ3v) is 15.0. The summed E-state index contributed by atoms with van der Waals surface area (Å²) in [5.41, 5.74) is 0. The van der Waals surface area contributed by atoms with E-state index in [2.05, 4.69) is 43.5 Å². The fourth-order valence-corrected chi connectivity index (χ4v) is 10.1. The molecule has 0 spiro atoms. The van der Waals surface area contributed by atoms with Crippen molar-refractivity contribution in [2.75, 3.05) is 13.2 Å². The van der Waals surface area contributed by atoms with E-state index in [1.54, 1.807) is 0 Å². The molecule has 0 rings (SSSR count). The van der Waals surface area contributed by atoms with Gasteiger partial charge in [-0.25, -0.2) is 0 Å². The lowest BCUT2D eigenvalue weighted by Crippen LogP contribution is -2.45. The molecule has 0 aromatic heterocycles. The number of unbranched alkanes of at least 4 members (excludes halogenated alkanes) is 45. The highest BCUT2D eigenvalue weighted by Crippen LogP contribution is 2.18. The van der Waals surface area contributed by atoms with E-state index in [4.69, 9.17) is 4.74 Å². The van der Waals surface area contributed by atoms with Gasteiger partial charge in [0.05, 0.1) is 25.4 Å². The number of ether oxygens (including phenoxy) is 1. The van der Waals surface area contributed by atoms with Crippen LogP contribution in [0.5, 0.6) is 0 Å². The second-order valence-electron chi connectivity index (χ2n) is 22.1. The monoisotopic (exact) mass is 1000 g/mol. The SMILES string of the molecule is CCCCC/C=C\C/C=C\CCCCCCCCCCCC(=O)OCCCCCCCCCCCCCCCCCC(=O)NC(CO)C(O)CCCCCCCCCCCCCCCCCCCCCC. The summed E-state index contributed by atoms with van der Waals surface area (Å²) in [6, 6.07) is -0.549. The third-order valence-electron chi connectivity index (χ3n) is 15.0. The molecule has 6 nitrogen and oxygen atoms in total. The number of carbonyl (C=O) groups is 2. The number of aliphatic hydroxyl groups is 2. The molecule has 3 N–H and O–H groups in total. The van der Waals surface area contributed by atoms with Crippen LogP contribution in [0, 0.1) is 0 Å². The molecule has 71 heavy (non-hydrogen) atoms. The molecule has 0 aliphatic carbocycles. The highest BCUT2D eigenvalue weighted by atomic mass is 16.5. The molecule has 0 aliphatic heterocycles. The van der Waals surface area contributed by atoms with Gasteiger partial charge in [0.2, 0.25) is 5.91 Å². The van der Waals surface area contributed by atoms with Gasteiger partial charge in [0.25, 0.3) is 0 Å². The van der Waals surface area contributed by atoms with E-state index < -0.39 is 12.1 Å². The zero-order valence-corrected chi connectivity index (χ0v) is 48.0. The number of allylic oxidation sites excluding steroid dienone is 4. The highest BCUT2D eigenvalue weighted by molar-refractivity contribution is 5.76. The van der Waals surface area contributed by atoms with E-state index in [0.29, 0.717) is 25.9 Å². The molecular formula is C65H125NO5. The van der Waals surface area contributed by atoms with Crippen LogP contribution in [-0.4, -0.2) is 47.4 Å². The lowest BCUT2D eigenvalue weighted by molar-refractivity contribution is -0.143. The minimum Gasteiger partial charge on any atom is -0.466 e. The topological polar surface area (TPSA) is 95.9 Å². The van der Waals surface area contributed by atoms with Crippen molar-refractivity contribution in [3.05, 3.63) is 24.3 Å². The number of amides is 1. The molecule has 0 radical (unpaired) electrons. The summed E-state index contributed by atoms with van der Waals surface area (Å²) in [6.45, 7) is 4.94. The lowest BCUT2D eigenvalue weighted by Gasteiger charge is -2.22. The summed E-state index contributed by atoms with van der Waals surface area (Å²) in [7, 11) is 0. The van der Waals surface area contributed by atoms with Crippen LogP contribution < -0.4 is 5.32 Å². The lowest BCUT2D eigenvalue weighted by atomic mass is 10.0. The predicted octanol–water partition coefficient (Wildman–Crippen LogP) is 20.2. The molecule has 0 saturated carbocycles. The zero-order chi connectivity index (χ0) is 51.4. The summed E-state index contributed by atoms with van der Waals surface area (Å²) in [4.78, 5) is 24.6. The molecule has 0 heterocycles. The van der Waals surface area contributed by atoms with Crippen LogP contribution in [0.2, 0.25) is 0 Å². The Labute approximate surface area is 443 Å². The summed E-state index contributed by atoms with van der Waals surface area (Å²) >= 11 is 0. The molecule has 0 fully saturated rings. The van der Waals surface area contributed by atoms with Crippen LogP contribution in [0.4, 0.5) is 0 Å². The van der Waals surface area contributed by atoms with Crippen molar-refractivity contribution in [2.45, 2.75) is 366 Å². The smallest absolute Gasteiger partial charge is 0.305 e. The van der Waals surface area contributed by atoms with E-state index in [9.17, 15) is 19.8 Å². The Bertz CT molecular complexity index is 1110.